The first kappa shape index (κ1) is 19.6. The molecule has 1 saturated heterocycles. The fourth-order valence-corrected chi connectivity index (χ4v) is 2.71. The van der Waals surface area contributed by atoms with Gasteiger partial charge in [-0.2, -0.15) is 0 Å². The number of halogens is 3. The van der Waals surface area contributed by atoms with Gasteiger partial charge in [0.05, 0.1) is 16.8 Å². The molecule has 1 unspecified atom stereocenters. The molecule has 0 saturated carbocycles. The van der Waals surface area contributed by atoms with Crippen LogP contribution in [0.2, 0.25) is 0 Å². The van der Waals surface area contributed by atoms with Gasteiger partial charge in [0.25, 0.3) is 5.91 Å². The van der Waals surface area contributed by atoms with E-state index in [1.54, 1.807) is 19.1 Å². The topological polar surface area (TPSA) is 54.0 Å². The molecule has 4 nitrogen and oxygen atoms in total. The van der Waals surface area contributed by atoms with Gasteiger partial charge in [0, 0.05) is 24.0 Å². The Balaban J connectivity index is 0.00000132. The second-order valence-corrected chi connectivity index (χ2v) is 5.46. The molecule has 1 fully saturated rings. The van der Waals surface area contributed by atoms with Crippen molar-refractivity contribution in [3.8, 4) is 0 Å². The molecular weight excluding hydrogens is 340 g/mol. The second-order valence-electron chi connectivity index (χ2n) is 5.46. The molecule has 126 valence electrons. The SMILES string of the molecule is Cc1nc2cc(F)ccc2cc1C(=O)NCC1CCCN1.Cl.Cl. The van der Waals surface area contributed by atoms with Gasteiger partial charge in [-0.15, -0.1) is 24.8 Å². The van der Waals surface area contributed by atoms with E-state index in [0.717, 1.165) is 24.8 Å². The number of hydrogen-bond donors (Lipinski definition) is 2. The van der Waals surface area contributed by atoms with Gasteiger partial charge in [0.15, 0.2) is 0 Å². The third-order valence-electron chi connectivity index (χ3n) is 3.89. The molecule has 1 aromatic heterocycles. The lowest BCUT2D eigenvalue weighted by Gasteiger charge is -2.13. The Morgan fingerprint density at radius 1 is 1.39 bits per heavy atom. The molecule has 1 amide bonds. The molecule has 3 rings (SSSR count). The number of carbonyl (C=O) groups is 1. The Labute approximate surface area is 147 Å². The fourth-order valence-electron chi connectivity index (χ4n) is 2.71. The summed E-state index contributed by atoms with van der Waals surface area (Å²) < 4.78 is 13.2. The maximum absolute atomic E-state index is 13.2. The second kappa shape index (κ2) is 8.43. The molecule has 7 heteroatoms. The van der Waals surface area contributed by atoms with Crippen molar-refractivity contribution in [2.75, 3.05) is 13.1 Å². The maximum atomic E-state index is 13.2. The number of carbonyl (C=O) groups excluding carboxylic acids is 1. The molecule has 2 N–H and O–H groups in total. The van der Waals surface area contributed by atoms with Gasteiger partial charge >= 0.3 is 0 Å². The Bertz CT molecular complexity index is 690. The fraction of sp³-hybridized carbons (Fsp3) is 0.375. The van der Waals surface area contributed by atoms with Gasteiger partial charge in [0.2, 0.25) is 0 Å². The van der Waals surface area contributed by atoms with Crippen LogP contribution in [0.3, 0.4) is 0 Å². The monoisotopic (exact) mass is 359 g/mol. The molecule has 23 heavy (non-hydrogen) atoms. The van der Waals surface area contributed by atoms with Crippen LogP contribution in [0, 0.1) is 12.7 Å². The van der Waals surface area contributed by atoms with E-state index < -0.39 is 0 Å². The zero-order valence-corrected chi connectivity index (χ0v) is 14.4. The van der Waals surface area contributed by atoms with E-state index in [1.165, 1.54) is 12.1 Å². The lowest BCUT2D eigenvalue weighted by Crippen LogP contribution is -2.37. The minimum absolute atomic E-state index is 0. The largest absolute Gasteiger partial charge is 0.350 e. The normalized spacial score (nSPS) is 16.5. The van der Waals surface area contributed by atoms with Gasteiger partial charge in [-0.1, -0.05) is 0 Å². The summed E-state index contributed by atoms with van der Waals surface area (Å²) in [4.78, 5) is 16.6. The van der Waals surface area contributed by atoms with E-state index in [4.69, 9.17) is 0 Å². The molecule has 1 atom stereocenters. The van der Waals surface area contributed by atoms with Crippen LogP contribution in [-0.4, -0.2) is 30.0 Å². The van der Waals surface area contributed by atoms with E-state index in [0.29, 0.717) is 29.4 Å². The number of pyridine rings is 1. The first-order chi connectivity index (χ1) is 10.1. The van der Waals surface area contributed by atoms with Crippen LogP contribution in [-0.2, 0) is 0 Å². The molecule has 0 bridgehead atoms. The summed E-state index contributed by atoms with van der Waals surface area (Å²) in [6, 6.07) is 6.54. The Morgan fingerprint density at radius 2 is 2.17 bits per heavy atom. The highest BCUT2D eigenvalue weighted by Crippen LogP contribution is 2.17. The minimum Gasteiger partial charge on any atom is -0.350 e. The molecule has 1 aromatic carbocycles. The summed E-state index contributed by atoms with van der Waals surface area (Å²) in [5.74, 6) is -0.446. The molecule has 1 aliphatic rings. The van der Waals surface area contributed by atoms with Crippen LogP contribution in [0.1, 0.15) is 28.9 Å². The van der Waals surface area contributed by atoms with Crippen molar-refractivity contribution in [3.63, 3.8) is 0 Å². The van der Waals surface area contributed by atoms with Crippen molar-refractivity contribution < 1.29 is 9.18 Å². The van der Waals surface area contributed by atoms with E-state index in [2.05, 4.69) is 15.6 Å². The highest BCUT2D eigenvalue weighted by Gasteiger charge is 2.17. The lowest BCUT2D eigenvalue weighted by molar-refractivity contribution is 0.0949. The standard InChI is InChI=1S/C16H18FN3O.2ClH/c1-10-14(16(21)19-9-13-3-2-6-18-13)7-11-4-5-12(17)8-15(11)20-10;;/h4-5,7-8,13,18H,2-3,6,9H2,1H3,(H,19,21);2*1H. The summed E-state index contributed by atoms with van der Waals surface area (Å²) in [5.41, 5.74) is 1.73. The first-order valence-electron chi connectivity index (χ1n) is 7.22. The number of hydrogen-bond acceptors (Lipinski definition) is 3. The van der Waals surface area contributed by atoms with Crippen molar-refractivity contribution in [2.45, 2.75) is 25.8 Å². The number of benzene rings is 1. The number of nitrogens with zero attached hydrogens (tertiary/aromatic N) is 1. The average Bonchev–Trinajstić information content (AvgIpc) is 2.97. The molecular formula is C16H20Cl2FN3O. The lowest BCUT2D eigenvalue weighted by atomic mass is 10.1. The summed E-state index contributed by atoms with van der Waals surface area (Å²) >= 11 is 0. The maximum Gasteiger partial charge on any atom is 0.253 e. The molecule has 1 aliphatic heterocycles. The van der Waals surface area contributed by atoms with Crippen LogP contribution >= 0.6 is 24.8 Å². The van der Waals surface area contributed by atoms with Crippen LogP contribution < -0.4 is 10.6 Å². The smallest absolute Gasteiger partial charge is 0.253 e. The third kappa shape index (κ3) is 4.53. The summed E-state index contributed by atoms with van der Waals surface area (Å²) in [7, 11) is 0. The zero-order valence-electron chi connectivity index (χ0n) is 12.8. The van der Waals surface area contributed by atoms with Crippen molar-refractivity contribution >= 4 is 41.6 Å². The van der Waals surface area contributed by atoms with Gasteiger partial charge in [0.1, 0.15) is 5.82 Å². The Hall–Kier alpha value is -1.43. The van der Waals surface area contributed by atoms with Gasteiger partial charge in [-0.3, -0.25) is 9.78 Å². The number of rotatable bonds is 3. The Morgan fingerprint density at radius 3 is 2.87 bits per heavy atom. The van der Waals surface area contributed by atoms with Crippen molar-refractivity contribution in [1.29, 1.82) is 0 Å². The minimum atomic E-state index is -0.320. The summed E-state index contributed by atoms with van der Waals surface area (Å²) in [6.45, 7) is 3.41. The quantitative estimate of drug-likeness (QED) is 0.885. The predicted molar refractivity (Wildman–Crippen MR) is 94.3 cm³/mol. The third-order valence-corrected chi connectivity index (χ3v) is 3.89. The first-order valence-corrected chi connectivity index (χ1v) is 7.22. The number of aryl methyl sites for hydroxylation is 1. The van der Waals surface area contributed by atoms with E-state index >= 15 is 0 Å². The van der Waals surface area contributed by atoms with E-state index in [1.807, 2.05) is 0 Å². The Kier molecular flexibility index (Phi) is 7.19. The summed E-state index contributed by atoms with van der Waals surface area (Å²) in [6.07, 6.45) is 2.25. The molecule has 2 aromatic rings. The molecule has 0 aliphatic carbocycles. The van der Waals surface area contributed by atoms with Crippen LogP contribution in [0.5, 0.6) is 0 Å². The van der Waals surface area contributed by atoms with Gasteiger partial charge in [-0.25, -0.2) is 4.39 Å². The number of nitrogens with one attached hydrogen (secondary N) is 2. The van der Waals surface area contributed by atoms with Crippen molar-refractivity contribution in [3.05, 3.63) is 41.3 Å². The van der Waals surface area contributed by atoms with E-state index in [9.17, 15) is 9.18 Å². The number of aromatic nitrogens is 1. The van der Waals surface area contributed by atoms with Crippen LogP contribution in [0.4, 0.5) is 4.39 Å². The number of fused-ring (bicyclic) bond motifs is 1. The van der Waals surface area contributed by atoms with Gasteiger partial charge < -0.3 is 10.6 Å². The highest BCUT2D eigenvalue weighted by molar-refractivity contribution is 5.98. The summed E-state index contributed by atoms with van der Waals surface area (Å²) in [5, 5.41) is 7.05. The molecule has 0 spiro atoms. The van der Waals surface area contributed by atoms with Crippen LogP contribution in [0.25, 0.3) is 10.9 Å². The predicted octanol–water partition coefficient (Wildman–Crippen LogP) is 3.01. The van der Waals surface area contributed by atoms with E-state index in [-0.39, 0.29) is 36.5 Å². The molecule has 2 heterocycles. The molecule has 0 radical (unpaired) electrons. The van der Waals surface area contributed by atoms with Crippen molar-refractivity contribution in [1.82, 2.24) is 15.6 Å². The average molecular weight is 360 g/mol. The van der Waals surface area contributed by atoms with Crippen molar-refractivity contribution in [2.24, 2.45) is 0 Å². The zero-order chi connectivity index (χ0) is 14.8. The highest BCUT2D eigenvalue weighted by atomic mass is 35.5. The van der Waals surface area contributed by atoms with Crippen LogP contribution in [0.15, 0.2) is 24.3 Å². The van der Waals surface area contributed by atoms with Gasteiger partial charge in [-0.05, 0) is 44.5 Å². The number of amides is 1.